The lowest BCUT2D eigenvalue weighted by atomic mass is 10.0. The number of hydrogen-bond donors (Lipinski definition) is 2. The van der Waals surface area contributed by atoms with E-state index in [1.807, 2.05) is 18.2 Å². The molecule has 0 aliphatic heterocycles. The Bertz CT molecular complexity index is 1190. The SMILES string of the molecule is COc1ccc(CC(=O)O)cc1S(=O)(=O)Nc1ccc2c3c(cccc13)CC2. The van der Waals surface area contributed by atoms with Crippen molar-refractivity contribution in [3.05, 3.63) is 65.2 Å². The quantitative estimate of drug-likeness (QED) is 0.665. The monoisotopic (exact) mass is 397 g/mol. The van der Waals surface area contributed by atoms with E-state index >= 15 is 0 Å². The molecule has 0 spiro atoms. The predicted octanol–water partition coefficient (Wildman–Crippen LogP) is 3.37. The summed E-state index contributed by atoms with van der Waals surface area (Å²) >= 11 is 0. The molecule has 4 rings (SSSR count). The zero-order valence-electron chi connectivity index (χ0n) is 15.2. The number of benzene rings is 3. The van der Waals surface area contributed by atoms with E-state index in [0.717, 1.165) is 23.6 Å². The second-order valence-electron chi connectivity index (χ2n) is 6.77. The highest BCUT2D eigenvalue weighted by molar-refractivity contribution is 7.92. The number of carboxylic acids is 1. The summed E-state index contributed by atoms with van der Waals surface area (Å²) in [6.45, 7) is 0. The molecule has 144 valence electrons. The molecule has 0 aromatic heterocycles. The van der Waals surface area contributed by atoms with Crippen LogP contribution in [0.15, 0.2) is 53.4 Å². The lowest BCUT2D eigenvalue weighted by Crippen LogP contribution is -2.15. The number of nitrogens with one attached hydrogen (secondary N) is 1. The molecule has 0 atom stereocenters. The molecule has 1 aliphatic carbocycles. The Morgan fingerprint density at radius 3 is 2.57 bits per heavy atom. The third-order valence-electron chi connectivity index (χ3n) is 4.99. The average molecular weight is 397 g/mol. The van der Waals surface area contributed by atoms with Crippen LogP contribution in [0.2, 0.25) is 0 Å². The summed E-state index contributed by atoms with van der Waals surface area (Å²) in [6.07, 6.45) is 1.63. The number of methoxy groups -OCH3 is 1. The predicted molar refractivity (Wildman–Crippen MR) is 106 cm³/mol. The van der Waals surface area contributed by atoms with Crippen molar-refractivity contribution in [2.75, 3.05) is 11.8 Å². The van der Waals surface area contributed by atoms with Gasteiger partial charge in [-0.1, -0.05) is 30.3 Å². The maximum absolute atomic E-state index is 13.1. The fourth-order valence-electron chi connectivity index (χ4n) is 3.75. The highest BCUT2D eigenvalue weighted by Gasteiger charge is 2.23. The van der Waals surface area contributed by atoms with Crippen molar-refractivity contribution in [2.24, 2.45) is 0 Å². The molecule has 0 heterocycles. The Morgan fingerprint density at radius 2 is 1.86 bits per heavy atom. The van der Waals surface area contributed by atoms with Gasteiger partial charge in [-0.3, -0.25) is 9.52 Å². The molecule has 0 unspecified atom stereocenters. The maximum Gasteiger partial charge on any atom is 0.307 e. The van der Waals surface area contributed by atoms with Gasteiger partial charge in [0.25, 0.3) is 10.0 Å². The minimum absolute atomic E-state index is 0.0861. The fourth-order valence-corrected chi connectivity index (χ4v) is 5.05. The van der Waals surface area contributed by atoms with Crippen molar-refractivity contribution in [1.29, 1.82) is 0 Å². The number of anilines is 1. The van der Waals surface area contributed by atoms with E-state index < -0.39 is 16.0 Å². The van der Waals surface area contributed by atoms with Crippen molar-refractivity contribution >= 4 is 32.5 Å². The number of carbonyl (C=O) groups is 1. The molecule has 7 heteroatoms. The van der Waals surface area contributed by atoms with Gasteiger partial charge in [-0.15, -0.1) is 0 Å². The highest BCUT2D eigenvalue weighted by Crippen LogP contribution is 2.36. The Kier molecular flexibility index (Phi) is 4.47. The largest absolute Gasteiger partial charge is 0.495 e. The molecule has 2 N–H and O–H groups in total. The van der Waals surface area contributed by atoms with E-state index in [1.165, 1.54) is 30.4 Å². The second kappa shape index (κ2) is 6.83. The van der Waals surface area contributed by atoms with E-state index in [-0.39, 0.29) is 17.1 Å². The maximum atomic E-state index is 13.1. The first-order valence-corrected chi connectivity index (χ1v) is 10.3. The van der Waals surface area contributed by atoms with Crippen LogP contribution >= 0.6 is 0 Å². The lowest BCUT2D eigenvalue weighted by Gasteiger charge is -2.15. The van der Waals surface area contributed by atoms with Crippen LogP contribution in [0.4, 0.5) is 5.69 Å². The van der Waals surface area contributed by atoms with Gasteiger partial charge in [-0.25, -0.2) is 8.42 Å². The molecule has 0 fully saturated rings. The van der Waals surface area contributed by atoms with E-state index in [4.69, 9.17) is 9.84 Å². The van der Waals surface area contributed by atoms with Crippen LogP contribution in [-0.4, -0.2) is 26.6 Å². The molecule has 6 nitrogen and oxygen atoms in total. The third kappa shape index (κ3) is 3.18. The Labute approximate surface area is 162 Å². The van der Waals surface area contributed by atoms with Crippen LogP contribution in [0.25, 0.3) is 10.8 Å². The van der Waals surface area contributed by atoms with Crippen molar-refractivity contribution in [1.82, 2.24) is 0 Å². The zero-order chi connectivity index (χ0) is 19.9. The van der Waals surface area contributed by atoms with Gasteiger partial charge >= 0.3 is 5.97 Å². The number of carboxylic acid groups (broad SMARTS) is 1. The topological polar surface area (TPSA) is 92.7 Å². The normalized spacial score (nSPS) is 12.9. The Hall–Kier alpha value is -3.06. The van der Waals surface area contributed by atoms with Crippen molar-refractivity contribution in [3.63, 3.8) is 0 Å². The first kappa shape index (κ1) is 18.3. The summed E-state index contributed by atoms with van der Waals surface area (Å²) in [5.41, 5.74) is 3.31. The van der Waals surface area contributed by atoms with Gasteiger partial charge in [0.1, 0.15) is 10.6 Å². The minimum Gasteiger partial charge on any atom is -0.495 e. The number of sulfonamides is 1. The third-order valence-corrected chi connectivity index (χ3v) is 6.38. The van der Waals surface area contributed by atoms with Gasteiger partial charge in [0.05, 0.1) is 19.2 Å². The smallest absolute Gasteiger partial charge is 0.307 e. The Morgan fingerprint density at radius 1 is 1.11 bits per heavy atom. The van der Waals surface area contributed by atoms with Crippen LogP contribution in [0.5, 0.6) is 5.75 Å². The lowest BCUT2D eigenvalue weighted by molar-refractivity contribution is -0.136. The molecule has 3 aromatic carbocycles. The van der Waals surface area contributed by atoms with Gasteiger partial charge in [0, 0.05) is 5.39 Å². The van der Waals surface area contributed by atoms with Gasteiger partial charge in [0.15, 0.2) is 0 Å². The van der Waals surface area contributed by atoms with E-state index in [2.05, 4.69) is 10.8 Å². The first-order valence-electron chi connectivity index (χ1n) is 8.84. The van der Waals surface area contributed by atoms with Gasteiger partial charge < -0.3 is 9.84 Å². The van der Waals surface area contributed by atoms with Crippen LogP contribution < -0.4 is 9.46 Å². The van der Waals surface area contributed by atoms with Crippen molar-refractivity contribution < 1.29 is 23.1 Å². The van der Waals surface area contributed by atoms with Crippen LogP contribution in [0.1, 0.15) is 16.7 Å². The molecular weight excluding hydrogens is 378 g/mol. The average Bonchev–Trinajstić information content (AvgIpc) is 3.08. The number of hydrogen-bond acceptors (Lipinski definition) is 4. The summed E-state index contributed by atoms with van der Waals surface area (Å²) in [7, 11) is -2.60. The fraction of sp³-hybridized carbons (Fsp3) is 0.190. The number of aliphatic carboxylic acids is 1. The summed E-state index contributed by atoms with van der Waals surface area (Å²) in [4.78, 5) is 10.9. The molecule has 0 saturated carbocycles. The molecule has 0 radical (unpaired) electrons. The number of ether oxygens (including phenoxy) is 1. The second-order valence-corrected chi connectivity index (χ2v) is 8.42. The molecular formula is C21H19NO5S. The van der Waals surface area contributed by atoms with Crippen molar-refractivity contribution in [2.45, 2.75) is 24.2 Å². The molecule has 1 aliphatic rings. The standard InChI is InChI=1S/C21H19NO5S/c1-27-18-10-5-13(12-20(23)24)11-19(18)28(25,26)22-17-9-8-15-7-6-14-3-2-4-16(17)21(14)15/h2-5,8-11,22H,6-7,12H2,1H3,(H,23,24). The summed E-state index contributed by atoms with van der Waals surface area (Å²) < 4.78 is 34.1. The molecule has 28 heavy (non-hydrogen) atoms. The summed E-state index contributed by atoms with van der Waals surface area (Å²) in [5, 5.41) is 11.0. The van der Waals surface area contributed by atoms with Crippen LogP contribution in [0.3, 0.4) is 0 Å². The van der Waals surface area contributed by atoms with Crippen molar-refractivity contribution in [3.8, 4) is 5.75 Å². The van der Waals surface area contributed by atoms with Gasteiger partial charge in [-0.2, -0.15) is 0 Å². The first-order chi connectivity index (χ1) is 13.4. The summed E-state index contributed by atoms with van der Waals surface area (Å²) in [5.74, 6) is -0.874. The Balaban J connectivity index is 1.79. The van der Waals surface area contributed by atoms with Gasteiger partial charge in [-0.05, 0) is 53.1 Å². The van der Waals surface area contributed by atoms with Gasteiger partial charge in [0.2, 0.25) is 0 Å². The molecule has 0 saturated heterocycles. The van der Waals surface area contributed by atoms with E-state index in [9.17, 15) is 13.2 Å². The molecule has 0 bridgehead atoms. The number of rotatable bonds is 6. The molecule has 0 amide bonds. The molecule has 3 aromatic rings. The summed E-state index contributed by atoms with van der Waals surface area (Å²) in [6, 6.07) is 14.0. The zero-order valence-corrected chi connectivity index (χ0v) is 16.0. The highest BCUT2D eigenvalue weighted by atomic mass is 32.2. The van der Waals surface area contributed by atoms with E-state index in [0.29, 0.717) is 11.3 Å². The van der Waals surface area contributed by atoms with Crippen LogP contribution in [-0.2, 0) is 34.1 Å². The van der Waals surface area contributed by atoms with E-state index in [1.54, 1.807) is 12.1 Å². The minimum atomic E-state index is -3.98. The van der Waals surface area contributed by atoms with Crippen LogP contribution in [0, 0.1) is 0 Å². The number of aryl methyl sites for hydroxylation is 2.